The van der Waals surface area contributed by atoms with Crippen LogP contribution in [0.3, 0.4) is 0 Å². The molecule has 4 N–H and O–H groups in total. The molecule has 0 aliphatic rings. The number of hydrogen-bond acceptors (Lipinski definition) is 4. The molecule has 7 nitrogen and oxygen atoms in total. The third kappa shape index (κ3) is 2.70. The van der Waals surface area contributed by atoms with Crippen molar-refractivity contribution >= 4 is 27.7 Å². The van der Waals surface area contributed by atoms with Gasteiger partial charge in [0, 0.05) is 24.2 Å². The topological polar surface area (TPSA) is 106 Å². The lowest BCUT2D eigenvalue weighted by Crippen LogP contribution is -2.32. The largest absolute Gasteiger partial charge is 0.355 e. The molecule has 1 amide bonds. The number of H-pyrrole nitrogens is 1. The number of carbonyl (C=O) groups is 1. The molecule has 0 fully saturated rings. The van der Waals surface area contributed by atoms with Gasteiger partial charge in [0.2, 0.25) is 5.91 Å². The molecule has 0 bridgehead atoms. The summed E-state index contributed by atoms with van der Waals surface area (Å²) in [5, 5.41) is 11.4. The second-order valence-corrected chi connectivity index (χ2v) is 5.45. The molecule has 2 aromatic heterocycles. The van der Waals surface area contributed by atoms with E-state index in [2.05, 4.69) is 15.5 Å². The van der Waals surface area contributed by atoms with E-state index >= 15 is 0 Å². The van der Waals surface area contributed by atoms with E-state index in [1.54, 1.807) is 4.57 Å². The molecule has 120 valence electrons. The maximum atomic E-state index is 12.8. The number of aryl methyl sites for hydroxylation is 2. The number of para-hydroxylation sites is 1. The van der Waals surface area contributed by atoms with E-state index in [0.717, 1.165) is 16.6 Å². The monoisotopic (exact) mass is 313 g/mol. The van der Waals surface area contributed by atoms with Gasteiger partial charge in [0.15, 0.2) is 0 Å². The third-order valence-electron chi connectivity index (χ3n) is 3.92. The van der Waals surface area contributed by atoms with Gasteiger partial charge in [-0.2, -0.15) is 5.10 Å². The van der Waals surface area contributed by atoms with E-state index in [-0.39, 0.29) is 18.0 Å². The quantitative estimate of drug-likeness (QED) is 0.601. The Balaban J connectivity index is 2.00. The van der Waals surface area contributed by atoms with Crippen molar-refractivity contribution in [2.45, 2.75) is 19.9 Å². The Morgan fingerprint density at radius 3 is 2.96 bits per heavy atom. The Morgan fingerprint density at radius 1 is 1.39 bits per heavy atom. The zero-order valence-corrected chi connectivity index (χ0v) is 12.9. The fourth-order valence-electron chi connectivity index (χ4n) is 2.80. The summed E-state index contributed by atoms with van der Waals surface area (Å²) in [5.74, 6) is -0.191. The van der Waals surface area contributed by atoms with Gasteiger partial charge < -0.3 is 15.6 Å². The van der Waals surface area contributed by atoms with Gasteiger partial charge in [-0.05, 0) is 19.4 Å². The molecule has 0 atom stereocenters. The van der Waals surface area contributed by atoms with Crippen molar-refractivity contribution < 1.29 is 4.79 Å². The standard InChI is InChI=1S/C16H19N5O2/c1-10-14-15(20-19-10)11-5-2-3-6-12(11)21(16(14)23)8-4-7-18-13(22)9-17/h2-3,5-6H,4,7-9,17H2,1H3,(H,18,22)(H,19,20). The van der Waals surface area contributed by atoms with Gasteiger partial charge in [-0.25, -0.2) is 0 Å². The number of amides is 1. The highest BCUT2D eigenvalue weighted by atomic mass is 16.1. The summed E-state index contributed by atoms with van der Waals surface area (Å²) in [6.07, 6.45) is 0.651. The van der Waals surface area contributed by atoms with Crippen LogP contribution >= 0.6 is 0 Å². The van der Waals surface area contributed by atoms with Crippen LogP contribution in [0.1, 0.15) is 12.1 Å². The summed E-state index contributed by atoms with van der Waals surface area (Å²) >= 11 is 0. The van der Waals surface area contributed by atoms with Crippen molar-refractivity contribution in [2.24, 2.45) is 5.73 Å². The predicted octanol–water partition coefficient (Wildman–Crippen LogP) is 0.651. The maximum Gasteiger partial charge on any atom is 0.262 e. The molecule has 23 heavy (non-hydrogen) atoms. The first-order valence-electron chi connectivity index (χ1n) is 7.56. The summed E-state index contributed by atoms with van der Waals surface area (Å²) in [4.78, 5) is 24.0. The van der Waals surface area contributed by atoms with Crippen LogP contribution in [0.5, 0.6) is 0 Å². The number of nitrogens with two attached hydrogens (primary N) is 1. The fraction of sp³-hybridized carbons (Fsp3) is 0.312. The Hall–Kier alpha value is -2.67. The van der Waals surface area contributed by atoms with Crippen LogP contribution in [0, 0.1) is 6.92 Å². The molecule has 3 aromatic rings. The summed E-state index contributed by atoms with van der Waals surface area (Å²) in [5.41, 5.74) is 7.51. The third-order valence-corrected chi connectivity index (χ3v) is 3.92. The molecule has 0 radical (unpaired) electrons. The predicted molar refractivity (Wildman–Crippen MR) is 89.3 cm³/mol. The molecule has 1 aromatic carbocycles. The van der Waals surface area contributed by atoms with Crippen LogP contribution in [0.25, 0.3) is 21.8 Å². The first-order chi connectivity index (χ1) is 11.1. The SMILES string of the molecule is Cc1[nH]nc2c1c(=O)n(CCCNC(=O)CN)c1ccccc21. The van der Waals surface area contributed by atoms with Gasteiger partial charge >= 0.3 is 0 Å². The van der Waals surface area contributed by atoms with Crippen molar-refractivity contribution in [2.75, 3.05) is 13.1 Å². The Labute approximate surface area is 132 Å². The number of rotatable bonds is 5. The van der Waals surface area contributed by atoms with E-state index < -0.39 is 0 Å². The molecular weight excluding hydrogens is 294 g/mol. The molecule has 0 saturated carbocycles. The lowest BCUT2D eigenvalue weighted by Gasteiger charge is -2.11. The second kappa shape index (κ2) is 6.21. The van der Waals surface area contributed by atoms with E-state index in [9.17, 15) is 9.59 Å². The van der Waals surface area contributed by atoms with Crippen LogP contribution in [-0.2, 0) is 11.3 Å². The molecule has 3 rings (SSSR count). The van der Waals surface area contributed by atoms with Crippen molar-refractivity contribution in [3.8, 4) is 0 Å². The Morgan fingerprint density at radius 2 is 2.17 bits per heavy atom. The zero-order chi connectivity index (χ0) is 16.4. The van der Waals surface area contributed by atoms with Gasteiger partial charge in [0.1, 0.15) is 5.52 Å². The smallest absolute Gasteiger partial charge is 0.262 e. The lowest BCUT2D eigenvalue weighted by molar-refractivity contribution is -0.119. The summed E-state index contributed by atoms with van der Waals surface area (Å²) < 4.78 is 1.74. The van der Waals surface area contributed by atoms with Crippen LogP contribution in [0.2, 0.25) is 0 Å². The number of nitrogens with zero attached hydrogens (tertiary/aromatic N) is 2. The van der Waals surface area contributed by atoms with Crippen molar-refractivity contribution in [3.63, 3.8) is 0 Å². The van der Waals surface area contributed by atoms with Crippen molar-refractivity contribution in [1.29, 1.82) is 0 Å². The van der Waals surface area contributed by atoms with Gasteiger partial charge in [-0.15, -0.1) is 0 Å². The van der Waals surface area contributed by atoms with E-state index in [1.807, 2.05) is 31.2 Å². The van der Waals surface area contributed by atoms with E-state index in [0.29, 0.717) is 30.4 Å². The van der Waals surface area contributed by atoms with Crippen molar-refractivity contribution in [3.05, 3.63) is 40.3 Å². The molecule has 0 aliphatic heterocycles. The van der Waals surface area contributed by atoms with Crippen LogP contribution in [0.15, 0.2) is 29.1 Å². The number of carbonyl (C=O) groups excluding carboxylic acids is 1. The average molecular weight is 313 g/mol. The number of nitrogens with one attached hydrogen (secondary N) is 2. The molecule has 0 aliphatic carbocycles. The van der Waals surface area contributed by atoms with Gasteiger partial charge in [0.05, 0.1) is 17.4 Å². The highest BCUT2D eigenvalue weighted by molar-refractivity contribution is 6.03. The van der Waals surface area contributed by atoms with Gasteiger partial charge in [-0.3, -0.25) is 14.7 Å². The minimum Gasteiger partial charge on any atom is -0.355 e. The zero-order valence-electron chi connectivity index (χ0n) is 12.9. The summed E-state index contributed by atoms with van der Waals surface area (Å²) in [6.45, 7) is 2.82. The fourth-order valence-corrected chi connectivity index (χ4v) is 2.80. The van der Waals surface area contributed by atoms with Crippen LogP contribution < -0.4 is 16.6 Å². The first-order valence-corrected chi connectivity index (χ1v) is 7.56. The summed E-state index contributed by atoms with van der Waals surface area (Å²) in [6, 6.07) is 7.71. The number of pyridine rings is 1. The van der Waals surface area contributed by atoms with Crippen LogP contribution in [0.4, 0.5) is 0 Å². The number of fused-ring (bicyclic) bond motifs is 3. The molecular formula is C16H19N5O2. The number of hydrogen-bond donors (Lipinski definition) is 3. The second-order valence-electron chi connectivity index (χ2n) is 5.45. The van der Waals surface area contributed by atoms with Gasteiger partial charge in [0.25, 0.3) is 5.56 Å². The molecule has 0 unspecified atom stereocenters. The number of benzene rings is 1. The minimum absolute atomic E-state index is 0.0247. The molecule has 0 spiro atoms. The first kappa shape index (κ1) is 15.2. The van der Waals surface area contributed by atoms with Crippen LogP contribution in [-0.4, -0.2) is 33.8 Å². The normalized spacial score (nSPS) is 11.2. The minimum atomic E-state index is -0.191. The average Bonchev–Trinajstić information content (AvgIpc) is 2.96. The highest BCUT2D eigenvalue weighted by Crippen LogP contribution is 2.22. The highest BCUT2D eigenvalue weighted by Gasteiger charge is 2.14. The molecule has 2 heterocycles. The van der Waals surface area contributed by atoms with Gasteiger partial charge in [-0.1, -0.05) is 18.2 Å². The molecule has 7 heteroatoms. The lowest BCUT2D eigenvalue weighted by atomic mass is 10.1. The van der Waals surface area contributed by atoms with E-state index in [4.69, 9.17) is 5.73 Å². The number of aromatic amines is 1. The Bertz CT molecular complexity index is 925. The van der Waals surface area contributed by atoms with Crippen molar-refractivity contribution in [1.82, 2.24) is 20.1 Å². The molecule has 0 saturated heterocycles. The summed E-state index contributed by atoms with van der Waals surface area (Å²) in [7, 11) is 0. The number of aromatic nitrogens is 3. The van der Waals surface area contributed by atoms with E-state index in [1.165, 1.54) is 0 Å². The maximum absolute atomic E-state index is 12.8. The Kier molecular flexibility index (Phi) is 4.12.